The van der Waals surface area contributed by atoms with Crippen LogP contribution in [0, 0.1) is 0 Å². The average Bonchev–Trinajstić information content (AvgIpc) is 3.07. The third kappa shape index (κ3) is 6.63. The van der Waals surface area contributed by atoms with Crippen molar-refractivity contribution in [3.05, 3.63) is 170 Å². The minimum absolute atomic E-state index is 0.677. The van der Waals surface area contributed by atoms with Gasteiger partial charge in [0.2, 0.25) is 0 Å². The first-order valence-corrected chi connectivity index (χ1v) is 17.0. The fraction of sp³-hybridized carbons (Fsp3) is 0.0526. The predicted octanol–water partition coefficient (Wildman–Crippen LogP) is 6.73. The molecule has 0 aliphatic rings. The minimum atomic E-state index is -0.677. The van der Waals surface area contributed by atoms with Gasteiger partial charge in [0.05, 0.1) is 0 Å². The van der Waals surface area contributed by atoms with Crippen molar-refractivity contribution < 1.29 is 0 Å². The molecule has 0 heterocycles. The minimum Gasteiger partial charge on any atom is -0.383 e. The van der Waals surface area contributed by atoms with E-state index < -0.39 is 15.8 Å². The maximum Gasteiger partial charge on any atom is 0.0425 e. The smallest absolute Gasteiger partial charge is 0.0425 e. The number of rotatable bonds is 11. The Labute approximate surface area is 252 Å². The van der Waals surface area contributed by atoms with E-state index in [1.54, 1.807) is 0 Å². The van der Waals surface area contributed by atoms with Crippen molar-refractivity contribution in [2.75, 3.05) is 23.7 Å². The van der Waals surface area contributed by atoms with E-state index in [9.17, 15) is 0 Å². The Morgan fingerprint density at radius 2 is 0.571 bits per heavy atom. The van der Waals surface area contributed by atoms with Crippen LogP contribution in [0.4, 0.5) is 11.4 Å². The van der Waals surface area contributed by atoms with Crippen LogP contribution >= 0.6 is 15.8 Å². The fourth-order valence-electron chi connectivity index (χ4n) is 5.19. The van der Waals surface area contributed by atoms with E-state index in [0.717, 1.165) is 13.1 Å². The highest BCUT2D eigenvalue weighted by Gasteiger charge is 2.20. The van der Waals surface area contributed by atoms with Gasteiger partial charge in [-0.05, 0) is 49.2 Å². The first-order chi connectivity index (χ1) is 20.9. The molecule has 0 saturated carbocycles. The summed E-state index contributed by atoms with van der Waals surface area (Å²) in [6.45, 7) is 1.62. The maximum atomic E-state index is 3.77. The summed E-state index contributed by atoms with van der Waals surface area (Å²) in [5.74, 6) is 0. The molecule has 0 aromatic heterocycles. The van der Waals surface area contributed by atoms with Crippen LogP contribution in [0.15, 0.2) is 170 Å². The van der Waals surface area contributed by atoms with Gasteiger partial charge in [-0.1, -0.05) is 158 Å². The Bertz CT molecular complexity index is 1470. The van der Waals surface area contributed by atoms with Gasteiger partial charge in [0.15, 0.2) is 0 Å². The van der Waals surface area contributed by atoms with E-state index in [-0.39, 0.29) is 0 Å². The molecule has 0 spiro atoms. The van der Waals surface area contributed by atoms with Crippen molar-refractivity contribution in [3.8, 4) is 0 Å². The summed E-state index contributed by atoms with van der Waals surface area (Å²) in [5, 5.41) is 15.7. The normalized spacial score (nSPS) is 11.0. The van der Waals surface area contributed by atoms with Crippen LogP contribution in [0.25, 0.3) is 0 Å². The van der Waals surface area contributed by atoms with Crippen molar-refractivity contribution in [1.29, 1.82) is 0 Å². The van der Waals surface area contributed by atoms with Gasteiger partial charge in [0.1, 0.15) is 0 Å². The van der Waals surface area contributed by atoms with E-state index in [1.807, 2.05) is 0 Å². The molecule has 6 aromatic carbocycles. The Morgan fingerprint density at radius 1 is 0.310 bits per heavy atom. The van der Waals surface area contributed by atoms with Crippen LogP contribution in [0.5, 0.6) is 0 Å². The van der Waals surface area contributed by atoms with Crippen molar-refractivity contribution in [3.63, 3.8) is 0 Å². The fourth-order valence-corrected chi connectivity index (χ4v) is 10.0. The monoisotopic (exact) mass is 580 g/mol. The Kier molecular flexibility index (Phi) is 9.38. The molecule has 0 bridgehead atoms. The Balaban J connectivity index is 1.22. The molecule has 0 aliphatic carbocycles. The first-order valence-electron chi connectivity index (χ1n) is 14.3. The zero-order valence-corrected chi connectivity index (χ0v) is 25.3. The third-order valence-corrected chi connectivity index (χ3v) is 12.1. The van der Waals surface area contributed by atoms with Crippen molar-refractivity contribution >= 4 is 59.0 Å². The summed E-state index contributed by atoms with van der Waals surface area (Å²) in [4.78, 5) is 0. The lowest BCUT2D eigenvalue weighted by Gasteiger charge is -2.24. The first kappa shape index (κ1) is 27.9. The van der Waals surface area contributed by atoms with Crippen LogP contribution in [-0.4, -0.2) is 13.1 Å². The van der Waals surface area contributed by atoms with E-state index in [0.29, 0.717) is 0 Å². The molecule has 4 heteroatoms. The highest BCUT2D eigenvalue weighted by atomic mass is 31.1. The highest BCUT2D eigenvalue weighted by molar-refractivity contribution is 7.80. The topological polar surface area (TPSA) is 24.1 Å². The van der Waals surface area contributed by atoms with Gasteiger partial charge in [0.25, 0.3) is 0 Å². The number of hydrogen-bond acceptors (Lipinski definition) is 2. The summed E-state index contributed by atoms with van der Waals surface area (Å²) in [5.41, 5.74) is 2.39. The molecule has 0 unspecified atom stereocenters. The SMILES string of the molecule is c1ccc(P(c2ccccc2)c2ccccc2NCCNc2ccccc2P(c2ccccc2)c2ccccc2)cc1. The van der Waals surface area contributed by atoms with Crippen LogP contribution in [0.1, 0.15) is 0 Å². The molecule has 0 saturated heterocycles. The van der Waals surface area contributed by atoms with Gasteiger partial charge in [-0.2, -0.15) is 0 Å². The van der Waals surface area contributed by atoms with Gasteiger partial charge in [-0.3, -0.25) is 0 Å². The van der Waals surface area contributed by atoms with E-state index >= 15 is 0 Å². The summed E-state index contributed by atoms with van der Waals surface area (Å²) >= 11 is 0. The van der Waals surface area contributed by atoms with Gasteiger partial charge in [0, 0.05) is 35.1 Å². The van der Waals surface area contributed by atoms with Crippen molar-refractivity contribution in [1.82, 2.24) is 0 Å². The maximum absolute atomic E-state index is 3.77. The summed E-state index contributed by atoms with van der Waals surface area (Å²) in [6.07, 6.45) is 0. The number of anilines is 2. The molecule has 0 amide bonds. The molecule has 206 valence electrons. The zero-order chi connectivity index (χ0) is 28.4. The second kappa shape index (κ2) is 14.1. The van der Waals surface area contributed by atoms with Crippen LogP contribution < -0.4 is 42.5 Å². The van der Waals surface area contributed by atoms with Gasteiger partial charge in [-0.15, -0.1) is 0 Å². The molecule has 6 rings (SSSR count). The highest BCUT2D eigenvalue weighted by Crippen LogP contribution is 2.36. The van der Waals surface area contributed by atoms with Crippen LogP contribution in [-0.2, 0) is 0 Å². The Hall–Kier alpha value is -4.22. The summed E-state index contributed by atoms with van der Waals surface area (Å²) in [7, 11) is -1.35. The molecule has 0 aliphatic heterocycles. The molecule has 0 fully saturated rings. The van der Waals surface area contributed by atoms with E-state index in [2.05, 4.69) is 180 Å². The number of para-hydroxylation sites is 2. The van der Waals surface area contributed by atoms with Crippen LogP contribution in [0.3, 0.4) is 0 Å². The van der Waals surface area contributed by atoms with Crippen molar-refractivity contribution in [2.45, 2.75) is 0 Å². The predicted molar refractivity (Wildman–Crippen MR) is 187 cm³/mol. The quantitative estimate of drug-likeness (QED) is 0.131. The molecular weight excluding hydrogens is 546 g/mol. The number of benzene rings is 6. The third-order valence-electron chi connectivity index (χ3n) is 7.10. The molecule has 0 radical (unpaired) electrons. The second-order valence-corrected chi connectivity index (χ2v) is 14.3. The lowest BCUT2D eigenvalue weighted by atomic mass is 10.3. The van der Waals surface area contributed by atoms with Crippen molar-refractivity contribution in [2.24, 2.45) is 0 Å². The molecule has 2 nitrogen and oxygen atoms in total. The van der Waals surface area contributed by atoms with Gasteiger partial charge in [-0.25, -0.2) is 0 Å². The zero-order valence-electron chi connectivity index (χ0n) is 23.5. The average molecular weight is 581 g/mol. The number of nitrogens with one attached hydrogen (secondary N) is 2. The molecular formula is C38H34N2P2. The summed E-state index contributed by atoms with van der Waals surface area (Å²) < 4.78 is 0. The lowest BCUT2D eigenvalue weighted by Crippen LogP contribution is -2.26. The number of hydrogen-bond donors (Lipinski definition) is 2. The standard InChI is InChI=1S/C38H34N2P2/c1-5-17-31(18-6-1)41(32-19-7-2-8-20-32)37-27-15-13-25-35(37)39-29-30-40-36-26-14-16-28-38(36)42(33-21-9-3-10-22-33)34-23-11-4-12-24-34/h1-28,39-40H,29-30H2. The Morgan fingerprint density at radius 3 is 0.881 bits per heavy atom. The van der Waals surface area contributed by atoms with Gasteiger partial charge >= 0.3 is 0 Å². The molecule has 2 N–H and O–H groups in total. The molecule has 0 atom stereocenters. The second-order valence-electron chi connectivity index (χ2n) is 9.90. The molecule has 42 heavy (non-hydrogen) atoms. The van der Waals surface area contributed by atoms with E-state index in [1.165, 1.54) is 43.2 Å². The van der Waals surface area contributed by atoms with E-state index in [4.69, 9.17) is 0 Å². The largest absolute Gasteiger partial charge is 0.383 e. The molecule has 6 aromatic rings. The van der Waals surface area contributed by atoms with Gasteiger partial charge < -0.3 is 10.6 Å². The van der Waals surface area contributed by atoms with Crippen LogP contribution in [0.2, 0.25) is 0 Å². The summed E-state index contributed by atoms with van der Waals surface area (Å²) in [6, 6.07) is 61.1. The lowest BCUT2D eigenvalue weighted by molar-refractivity contribution is 1.08.